The molecule has 0 aromatic rings. The summed E-state index contributed by atoms with van der Waals surface area (Å²) >= 11 is 0. The lowest BCUT2D eigenvalue weighted by Gasteiger charge is -2.50. The SMILES string of the molecule is CC(=O)OC1CCC(C)OC12OCC1=C(C(=O)C(=O)C(C)=C1O)C2OC(C)=O. The van der Waals surface area contributed by atoms with Gasteiger partial charge in [0.05, 0.1) is 18.3 Å². The van der Waals surface area contributed by atoms with Gasteiger partial charge >= 0.3 is 11.9 Å². The fourth-order valence-corrected chi connectivity index (χ4v) is 3.82. The largest absolute Gasteiger partial charge is 0.507 e. The average molecular weight is 394 g/mol. The number of rotatable bonds is 2. The molecule has 0 amide bonds. The highest BCUT2D eigenvalue weighted by Crippen LogP contribution is 2.45. The first-order valence-electron chi connectivity index (χ1n) is 8.97. The number of hydrogen-bond donors (Lipinski definition) is 1. The van der Waals surface area contributed by atoms with Gasteiger partial charge in [0.15, 0.2) is 12.2 Å². The van der Waals surface area contributed by atoms with Crippen LogP contribution in [0.15, 0.2) is 22.5 Å². The summed E-state index contributed by atoms with van der Waals surface area (Å²) in [6.07, 6.45) is -1.93. The van der Waals surface area contributed by atoms with Crippen LogP contribution in [0.3, 0.4) is 0 Å². The molecule has 0 saturated carbocycles. The Kier molecular flexibility index (Phi) is 5.16. The Morgan fingerprint density at radius 1 is 1.11 bits per heavy atom. The molecule has 1 saturated heterocycles. The first-order chi connectivity index (χ1) is 13.1. The summed E-state index contributed by atoms with van der Waals surface area (Å²) in [5.41, 5.74) is -0.262. The number of allylic oxidation sites excluding steroid dienone is 1. The molecule has 28 heavy (non-hydrogen) atoms. The van der Waals surface area contributed by atoms with Gasteiger partial charge in [-0.1, -0.05) is 0 Å². The Hall–Kier alpha value is -2.52. The van der Waals surface area contributed by atoms with Crippen molar-refractivity contribution in [3.8, 4) is 0 Å². The maximum atomic E-state index is 12.8. The van der Waals surface area contributed by atoms with Crippen molar-refractivity contribution in [2.75, 3.05) is 6.61 Å². The van der Waals surface area contributed by atoms with Gasteiger partial charge in [-0.05, 0) is 26.7 Å². The molecule has 4 unspecified atom stereocenters. The number of ether oxygens (including phenoxy) is 4. The van der Waals surface area contributed by atoms with Crippen LogP contribution >= 0.6 is 0 Å². The minimum atomic E-state index is -1.80. The number of Topliss-reactive ketones (excluding diaryl/α,β-unsaturated/α-hetero) is 2. The van der Waals surface area contributed by atoms with Crippen molar-refractivity contribution in [3.63, 3.8) is 0 Å². The fraction of sp³-hybridized carbons (Fsp3) is 0.579. The minimum absolute atomic E-state index is 0.0578. The molecule has 3 aliphatic rings. The number of esters is 2. The lowest BCUT2D eigenvalue weighted by atomic mass is 9.79. The summed E-state index contributed by atoms with van der Waals surface area (Å²) < 4.78 is 22.6. The molecule has 1 spiro atoms. The molecule has 3 rings (SSSR count). The molecule has 9 nitrogen and oxygen atoms in total. The molecule has 9 heteroatoms. The minimum Gasteiger partial charge on any atom is -0.507 e. The van der Waals surface area contributed by atoms with E-state index in [4.69, 9.17) is 18.9 Å². The molecular weight excluding hydrogens is 372 g/mol. The van der Waals surface area contributed by atoms with Crippen LogP contribution in [0.4, 0.5) is 0 Å². The lowest BCUT2D eigenvalue weighted by molar-refractivity contribution is -0.349. The second-order valence-corrected chi connectivity index (χ2v) is 7.13. The fourth-order valence-electron chi connectivity index (χ4n) is 3.82. The van der Waals surface area contributed by atoms with Crippen LogP contribution in [-0.2, 0) is 38.1 Å². The Bertz CT molecular complexity index is 821. The monoisotopic (exact) mass is 394 g/mol. The van der Waals surface area contributed by atoms with E-state index < -0.39 is 41.5 Å². The number of aliphatic hydroxyl groups excluding tert-OH is 1. The highest BCUT2D eigenvalue weighted by Gasteiger charge is 2.61. The molecule has 0 aromatic heterocycles. The van der Waals surface area contributed by atoms with Crippen molar-refractivity contribution in [1.82, 2.24) is 0 Å². The number of aliphatic hydroxyl groups is 1. The lowest BCUT2D eigenvalue weighted by Crippen LogP contribution is -2.65. The van der Waals surface area contributed by atoms with Crippen LogP contribution in [0.2, 0.25) is 0 Å². The third-order valence-corrected chi connectivity index (χ3v) is 5.09. The molecule has 0 aromatic carbocycles. The van der Waals surface area contributed by atoms with E-state index in [1.165, 1.54) is 13.8 Å². The van der Waals surface area contributed by atoms with Gasteiger partial charge in [-0.25, -0.2) is 0 Å². The van der Waals surface area contributed by atoms with Gasteiger partial charge in [0.2, 0.25) is 17.4 Å². The summed E-state index contributed by atoms with van der Waals surface area (Å²) in [7, 11) is 0. The van der Waals surface area contributed by atoms with Gasteiger partial charge < -0.3 is 24.1 Å². The van der Waals surface area contributed by atoms with Crippen molar-refractivity contribution in [2.45, 2.75) is 64.6 Å². The number of carbonyl (C=O) groups excluding carboxylic acids is 4. The average Bonchev–Trinajstić information content (AvgIpc) is 2.61. The van der Waals surface area contributed by atoms with E-state index in [0.29, 0.717) is 12.8 Å². The smallest absolute Gasteiger partial charge is 0.303 e. The standard InChI is InChI=1S/C19H22O9/c1-8-5-6-13(26-10(3)20)19(28-8)18(27-11(4)21)14-12(7-25-19)15(22)9(2)16(23)17(14)24/h8,13,18,22H,5-7H2,1-4H3. The highest BCUT2D eigenvalue weighted by molar-refractivity contribution is 6.50. The Morgan fingerprint density at radius 3 is 2.36 bits per heavy atom. The predicted octanol–water partition coefficient (Wildman–Crippen LogP) is 1.06. The van der Waals surface area contributed by atoms with Crippen LogP contribution in [0, 0.1) is 0 Å². The van der Waals surface area contributed by atoms with Gasteiger partial charge in [-0.15, -0.1) is 0 Å². The summed E-state index contributed by atoms with van der Waals surface area (Å²) in [5.74, 6) is -5.36. The predicted molar refractivity (Wildman–Crippen MR) is 91.9 cm³/mol. The van der Waals surface area contributed by atoms with Crippen LogP contribution in [0.25, 0.3) is 0 Å². The zero-order valence-corrected chi connectivity index (χ0v) is 16.1. The molecule has 0 bridgehead atoms. The first-order valence-corrected chi connectivity index (χ1v) is 8.97. The van der Waals surface area contributed by atoms with Crippen molar-refractivity contribution in [3.05, 3.63) is 22.5 Å². The first kappa shape index (κ1) is 20.2. The second kappa shape index (κ2) is 7.14. The van der Waals surface area contributed by atoms with Crippen molar-refractivity contribution in [2.24, 2.45) is 0 Å². The van der Waals surface area contributed by atoms with Crippen molar-refractivity contribution in [1.29, 1.82) is 0 Å². The van der Waals surface area contributed by atoms with E-state index in [-0.39, 0.29) is 35.2 Å². The van der Waals surface area contributed by atoms with E-state index in [2.05, 4.69) is 0 Å². The third kappa shape index (κ3) is 3.14. The van der Waals surface area contributed by atoms with E-state index >= 15 is 0 Å². The van der Waals surface area contributed by atoms with Gasteiger partial charge in [-0.2, -0.15) is 0 Å². The molecule has 2 aliphatic heterocycles. The van der Waals surface area contributed by atoms with Gasteiger partial charge in [0.1, 0.15) is 5.76 Å². The highest BCUT2D eigenvalue weighted by atomic mass is 16.7. The van der Waals surface area contributed by atoms with Crippen LogP contribution < -0.4 is 0 Å². The third-order valence-electron chi connectivity index (χ3n) is 5.09. The van der Waals surface area contributed by atoms with Crippen molar-refractivity contribution >= 4 is 23.5 Å². The molecule has 1 N–H and O–H groups in total. The maximum absolute atomic E-state index is 12.8. The second-order valence-electron chi connectivity index (χ2n) is 7.13. The van der Waals surface area contributed by atoms with Gasteiger partial charge in [0.25, 0.3) is 0 Å². The van der Waals surface area contributed by atoms with Gasteiger partial charge in [0, 0.05) is 25.0 Å². The van der Waals surface area contributed by atoms with Crippen LogP contribution in [0.1, 0.15) is 40.5 Å². The molecule has 0 radical (unpaired) electrons. The Morgan fingerprint density at radius 2 is 1.75 bits per heavy atom. The summed E-state index contributed by atoms with van der Waals surface area (Å²) in [6.45, 7) is 5.16. The molecule has 1 fully saturated rings. The van der Waals surface area contributed by atoms with Gasteiger partial charge in [-0.3, -0.25) is 19.2 Å². The quantitative estimate of drug-likeness (QED) is 0.415. The Labute approximate surface area is 161 Å². The molecule has 2 heterocycles. The number of hydrogen-bond acceptors (Lipinski definition) is 9. The van der Waals surface area contributed by atoms with E-state index in [9.17, 15) is 24.3 Å². The number of carbonyl (C=O) groups is 4. The normalized spacial score (nSPS) is 33.1. The topological polar surface area (TPSA) is 125 Å². The summed E-state index contributed by atoms with van der Waals surface area (Å²) in [5, 5.41) is 10.4. The van der Waals surface area contributed by atoms with E-state index in [0.717, 1.165) is 6.92 Å². The maximum Gasteiger partial charge on any atom is 0.303 e. The summed E-state index contributed by atoms with van der Waals surface area (Å²) in [4.78, 5) is 48.5. The summed E-state index contributed by atoms with van der Waals surface area (Å²) in [6, 6.07) is 0. The van der Waals surface area contributed by atoms with Crippen LogP contribution in [0.5, 0.6) is 0 Å². The zero-order chi connectivity index (χ0) is 20.8. The molecule has 1 aliphatic carbocycles. The molecule has 152 valence electrons. The molecular formula is C19H22O9. The van der Waals surface area contributed by atoms with E-state index in [1.807, 2.05) is 0 Å². The van der Waals surface area contributed by atoms with Crippen molar-refractivity contribution < 1.29 is 43.2 Å². The number of ketones is 2. The van der Waals surface area contributed by atoms with Crippen LogP contribution in [-0.4, -0.2) is 59.3 Å². The Balaban J connectivity index is 2.18. The zero-order valence-electron chi connectivity index (χ0n) is 16.1. The van der Waals surface area contributed by atoms with E-state index in [1.54, 1.807) is 6.92 Å². The molecule has 4 atom stereocenters.